The van der Waals surface area contributed by atoms with Crippen LogP contribution in [-0.2, 0) is 6.54 Å². The number of alkyl halides is 2. The predicted molar refractivity (Wildman–Crippen MR) is 97.7 cm³/mol. The highest BCUT2D eigenvalue weighted by Gasteiger charge is 2.25. The molecule has 2 N–H and O–H groups in total. The van der Waals surface area contributed by atoms with E-state index >= 15 is 0 Å². The molecule has 0 aliphatic rings. The standard InChI is InChI=1S/C17H21ClF2N4O3/c1-5-24-14(12(18)13(23-24)15(25)26)9-7-21-11(22-8-17(2,3)4)6-10(9)27-16(19)20/h6-7,16H,5,8H2,1-4H3,(H,21,22)(H,25,26). The van der Waals surface area contributed by atoms with E-state index in [2.05, 4.69) is 20.1 Å². The predicted octanol–water partition coefficient (Wildman–Crippen LogP) is 4.38. The number of pyridine rings is 1. The monoisotopic (exact) mass is 402 g/mol. The number of carboxylic acid groups (broad SMARTS) is 1. The van der Waals surface area contributed by atoms with E-state index in [0.717, 1.165) is 0 Å². The Kier molecular flexibility index (Phi) is 6.25. The molecule has 0 unspecified atom stereocenters. The summed E-state index contributed by atoms with van der Waals surface area (Å²) in [5.74, 6) is -1.15. The summed E-state index contributed by atoms with van der Waals surface area (Å²) in [5.41, 5.74) is -0.137. The highest BCUT2D eigenvalue weighted by atomic mass is 35.5. The van der Waals surface area contributed by atoms with Crippen LogP contribution in [0.5, 0.6) is 5.75 Å². The largest absolute Gasteiger partial charge is 0.476 e. The molecule has 0 aromatic carbocycles. The highest BCUT2D eigenvalue weighted by Crippen LogP contribution is 2.38. The van der Waals surface area contributed by atoms with E-state index in [9.17, 15) is 18.7 Å². The summed E-state index contributed by atoms with van der Waals surface area (Å²) in [5, 5.41) is 16.0. The van der Waals surface area contributed by atoms with E-state index in [1.54, 1.807) is 6.92 Å². The molecule has 2 aromatic heterocycles. The lowest BCUT2D eigenvalue weighted by atomic mass is 9.97. The Labute approximate surface area is 160 Å². The first-order valence-corrected chi connectivity index (χ1v) is 8.60. The van der Waals surface area contributed by atoms with E-state index in [-0.39, 0.29) is 39.7 Å². The topological polar surface area (TPSA) is 89.3 Å². The average molecular weight is 403 g/mol. The van der Waals surface area contributed by atoms with Gasteiger partial charge in [0, 0.05) is 25.4 Å². The lowest BCUT2D eigenvalue weighted by molar-refractivity contribution is -0.0494. The number of ether oxygens (including phenoxy) is 1. The minimum absolute atomic E-state index is 0.0510. The number of halogens is 3. The second-order valence-electron chi connectivity index (χ2n) is 6.99. The smallest absolute Gasteiger partial charge is 0.387 e. The van der Waals surface area contributed by atoms with E-state index < -0.39 is 12.6 Å². The van der Waals surface area contributed by atoms with Crippen LogP contribution in [0.2, 0.25) is 5.02 Å². The Bertz CT molecular complexity index is 834. The van der Waals surface area contributed by atoms with Gasteiger partial charge >= 0.3 is 12.6 Å². The number of hydrogen-bond donors (Lipinski definition) is 2. The fourth-order valence-corrected chi connectivity index (χ4v) is 2.64. The third-order valence-corrected chi connectivity index (χ3v) is 3.89. The highest BCUT2D eigenvalue weighted by molar-refractivity contribution is 6.35. The van der Waals surface area contributed by atoms with Gasteiger partial charge in [0.15, 0.2) is 5.69 Å². The molecule has 0 bridgehead atoms. The van der Waals surface area contributed by atoms with Gasteiger partial charge < -0.3 is 15.2 Å². The van der Waals surface area contributed by atoms with Crippen LogP contribution in [0, 0.1) is 5.41 Å². The Morgan fingerprint density at radius 1 is 1.44 bits per heavy atom. The Morgan fingerprint density at radius 2 is 2.11 bits per heavy atom. The van der Waals surface area contributed by atoms with Gasteiger partial charge in [-0.3, -0.25) is 4.68 Å². The van der Waals surface area contributed by atoms with Crippen molar-refractivity contribution in [1.82, 2.24) is 14.8 Å². The van der Waals surface area contributed by atoms with Crippen LogP contribution in [-0.4, -0.2) is 39.0 Å². The average Bonchev–Trinajstić information content (AvgIpc) is 2.89. The van der Waals surface area contributed by atoms with Gasteiger partial charge in [-0.1, -0.05) is 32.4 Å². The maximum absolute atomic E-state index is 12.9. The number of rotatable bonds is 7. The summed E-state index contributed by atoms with van der Waals surface area (Å²) in [6.45, 7) is 5.52. The Hall–Kier alpha value is -2.42. The van der Waals surface area contributed by atoms with Crippen molar-refractivity contribution < 1.29 is 23.4 Å². The van der Waals surface area contributed by atoms with E-state index in [1.807, 2.05) is 20.8 Å². The molecule has 0 aliphatic carbocycles. The Morgan fingerprint density at radius 3 is 2.63 bits per heavy atom. The number of nitrogens with one attached hydrogen (secondary N) is 1. The van der Waals surface area contributed by atoms with Crippen molar-refractivity contribution in [3.05, 3.63) is 23.0 Å². The molecule has 0 spiro atoms. The molecule has 148 valence electrons. The summed E-state index contributed by atoms with van der Waals surface area (Å²) in [6, 6.07) is 1.33. The van der Waals surface area contributed by atoms with Crippen molar-refractivity contribution in [2.75, 3.05) is 11.9 Å². The quantitative estimate of drug-likeness (QED) is 0.714. The number of aromatic nitrogens is 3. The molecule has 2 aromatic rings. The lowest BCUT2D eigenvalue weighted by Gasteiger charge is -2.20. The minimum atomic E-state index is -3.07. The van der Waals surface area contributed by atoms with Gasteiger partial charge in [0.05, 0.1) is 11.3 Å². The van der Waals surface area contributed by atoms with Crippen molar-refractivity contribution in [1.29, 1.82) is 0 Å². The van der Waals surface area contributed by atoms with Gasteiger partial charge in [0.1, 0.15) is 16.6 Å². The normalized spacial score (nSPS) is 11.7. The van der Waals surface area contributed by atoms with Gasteiger partial charge in [-0.25, -0.2) is 9.78 Å². The van der Waals surface area contributed by atoms with Crippen LogP contribution in [0.1, 0.15) is 38.2 Å². The molecule has 2 heterocycles. The maximum atomic E-state index is 12.9. The van der Waals surface area contributed by atoms with Crippen molar-refractivity contribution in [2.45, 2.75) is 40.9 Å². The van der Waals surface area contributed by atoms with Crippen molar-refractivity contribution >= 4 is 23.4 Å². The second kappa shape index (κ2) is 8.08. The molecule has 0 saturated carbocycles. The van der Waals surface area contributed by atoms with Crippen LogP contribution < -0.4 is 10.1 Å². The summed E-state index contributed by atoms with van der Waals surface area (Å²) in [7, 11) is 0. The number of hydrogen-bond acceptors (Lipinski definition) is 5. The summed E-state index contributed by atoms with van der Waals surface area (Å²) < 4.78 is 31.8. The second-order valence-corrected chi connectivity index (χ2v) is 7.37. The van der Waals surface area contributed by atoms with Crippen LogP contribution >= 0.6 is 11.6 Å². The Balaban J connectivity index is 2.54. The number of carbonyl (C=O) groups is 1. The molecule has 0 atom stereocenters. The number of nitrogens with zero attached hydrogens (tertiary/aromatic N) is 3. The molecule has 10 heteroatoms. The number of aryl methyl sites for hydroxylation is 1. The zero-order valence-electron chi connectivity index (χ0n) is 15.4. The van der Waals surface area contributed by atoms with Gasteiger partial charge in [0.25, 0.3) is 0 Å². The number of aromatic carboxylic acids is 1. The van der Waals surface area contributed by atoms with Gasteiger partial charge in [-0.2, -0.15) is 13.9 Å². The maximum Gasteiger partial charge on any atom is 0.387 e. The van der Waals surface area contributed by atoms with Crippen LogP contribution in [0.3, 0.4) is 0 Å². The molecule has 0 fully saturated rings. The third kappa shape index (κ3) is 5.06. The van der Waals surface area contributed by atoms with E-state index in [4.69, 9.17) is 11.6 Å². The fraction of sp³-hybridized carbons (Fsp3) is 0.471. The lowest BCUT2D eigenvalue weighted by Crippen LogP contribution is -2.19. The molecule has 0 saturated heterocycles. The van der Waals surface area contributed by atoms with Gasteiger partial charge in [-0.15, -0.1) is 0 Å². The zero-order valence-corrected chi connectivity index (χ0v) is 16.1. The number of carboxylic acids is 1. The molecule has 2 rings (SSSR count). The van der Waals surface area contributed by atoms with Crippen molar-refractivity contribution in [3.63, 3.8) is 0 Å². The van der Waals surface area contributed by atoms with E-state index in [1.165, 1.54) is 16.9 Å². The van der Waals surface area contributed by atoms with Crippen LogP contribution in [0.15, 0.2) is 12.3 Å². The van der Waals surface area contributed by atoms with Crippen LogP contribution in [0.25, 0.3) is 11.3 Å². The first kappa shape index (κ1) is 20.9. The molecular weight excluding hydrogens is 382 g/mol. The summed E-state index contributed by atoms with van der Waals surface area (Å²) >= 11 is 6.16. The summed E-state index contributed by atoms with van der Waals surface area (Å²) in [6.07, 6.45) is 1.31. The summed E-state index contributed by atoms with van der Waals surface area (Å²) in [4.78, 5) is 15.5. The van der Waals surface area contributed by atoms with Gasteiger partial charge in [0.2, 0.25) is 0 Å². The molecule has 27 heavy (non-hydrogen) atoms. The minimum Gasteiger partial charge on any atom is -0.476 e. The fourth-order valence-electron chi connectivity index (χ4n) is 2.32. The molecule has 7 nitrogen and oxygen atoms in total. The van der Waals surface area contributed by atoms with Gasteiger partial charge in [-0.05, 0) is 12.3 Å². The van der Waals surface area contributed by atoms with Crippen molar-refractivity contribution in [3.8, 4) is 17.0 Å². The van der Waals surface area contributed by atoms with E-state index in [0.29, 0.717) is 12.4 Å². The van der Waals surface area contributed by atoms with Crippen molar-refractivity contribution in [2.24, 2.45) is 5.41 Å². The zero-order chi connectivity index (χ0) is 20.4. The van der Waals surface area contributed by atoms with Crippen LogP contribution in [0.4, 0.5) is 14.6 Å². The molecule has 0 aliphatic heterocycles. The first-order valence-electron chi connectivity index (χ1n) is 8.22. The SMILES string of the molecule is CCn1nc(C(=O)O)c(Cl)c1-c1cnc(NCC(C)(C)C)cc1OC(F)F. The molecular formula is C17H21ClF2N4O3. The molecule has 0 radical (unpaired) electrons. The third-order valence-electron chi connectivity index (χ3n) is 3.53. The molecule has 0 amide bonds. The number of anilines is 1. The first-order chi connectivity index (χ1) is 12.5.